The van der Waals surface area contributed by atoms with Gasteiger partial charge in [0.1, 0.15) is 0 Å². The van der Waals surface area contributed by atoms with E-state index in [1.807, 2.05) is 30.3 Å². The smallest absolute Gasteiger partial charge is 0.366 e. The van der Waals surface area contributed by atoms with E-state index in [9.17, 15) is 22.8 Å². The first-order chi connectivity index (χ1) is 16.2. The first-order valence-corrected chi connectivity index (χ1v) is 11.1. The largest absolute Gasteiger partial charge is 0.416 e. The predicted molar refractivity (Wildman–Crippen MR) is 125 cm³/mol. The number of aromatic nitrogens is 2. The second-order valence-electron chi connectivity index (χ2n) is 7.45. The van der Waals surface area contributed by atoms with Crippen molar-refractivity contribution in [2.45, 2.75) is 17.9 Å². The van der Waals surface area contributed by atoms with Crippen LogP contribution in [-0.4, -0.2) is 27.1 Å². The highest BCUT2D eigenvalue weighted by molar-refractivity contribution is 7.99. The predicted octanol–water partition coefficient (Wildman–Crippen LogP) is 4.93. The minimum Gasteiger partial charge on any atom is -0.366 e. The quantitative estimate of drug-likeness (QED) is 0.364. The molecular formula is C24H19F3N4O2S. The second kappa shape index (κ2) is 9.60. The van der Waals surface area contributed by atoms with Crippen molar-refractivity contribution in [2.75, 3.05) is 11.1 Å². The summed E-state index contributed by atoms with van der Waals surface area (Å²) in [6, 6.07) is 19.0. The minimum atomic E-state index is -4.48. The Bertz CT molecular complexity index is 1340. The third-order valence-corrected chi connectivity index (χ3v) is 5.99. The van der Waals surface area contributed by atoms with E-state index in [2.05, 4.69) is 10.3 Å². The molecule has 0 spiro atoms. The van der Waals surface area contributed by atoms with Gasteiger partial charge < -0.3 is 15.6 Å². The lowest BCUT2D eigenvalue weighted by molar-refractivity contribution is -0.137. The molecule has 0 aliphatic heterocycles. The number of benzene rings is 3. The number of amides is 2. The summed E-state index contributed by atoms with van der Waals surface area (Å²) in [5.74, 6) is -0.910. The van der Waals surface area contributed by atoms with Crippen molar-refractivity contribution in [1.29, 1.82) is 0 Å². The molecule has 0 saturated heterocycles. The van der Waals surface area contributed by atoms with Gasteiger partial charge in [-0.25, -0.2) is 4.98 Å². The van der Waals surface area contributed by atoms with Crippen LogP contribution in [0.15, 0.2) is 78.0 Å². The van der Waals surface area contributed by atoms with Gasteiger partial charge in [-0.3, -0.25) is 9.59 Å². The Morgan fingerprint density at radius 1 is 1.00 bits per heavy atom. The van der Waals surface area contributed by atoms with Gasteiger partial charge in [-0.15, -0.1) is 0 Å². The number of imidazole rings is 1. The van der Waals surface area contributed by atoms with Crippen molar-refractivity contribution in [1.82, 2.24) is 9.55 Å². The van der Waals surface area contributed by atoms with E-state index in [-0.39, 0.29) is 17.2 Å². The monoisotopic (exact) mass is 484 g/mol. The van der Waals surface area contributed by atoms with Crippen molar-refractivity contribution in [3.63, 3.8) is 0 Å². The number of nitrogens with zero attached hydrogens (tertiary/aromatic N) is 2. The maximum Gasteiger partial charge on any atom is 0.416 e. The first-order valence-electron chi connectivity index (χ1n) is 10.1. The van der Waals surface area contributed by atoms with Gasteiger partial charge in [0, 0.05) is 11.3 Å². The van der Waals surface area contributed by atoms with Crippen LogP contribution in [0.25, 0.3) is 11.0 Å². The first kappa shape index (κ1) is 23.4. The molecule has 2 amide bonds. The average Bonchev–Trinajstić information content (AvgIpc) is 3.15. The van der Waals surface area contributed by atoms with Crippen LogP contribution in [0.5, 0.6) is 0 Å². The number of carbonyl (C=O) groups is 2. The van der Waals surface area contributed by atoms with Crippen LogP contribution in [0.2, 0.25) is 0 Å². The summed E-state index contributed by atoms with van der Waals surface area (Å²) in [5.41, 5.74) is 6.93. The molecule has 6 nitrogen and oxygen atoms in total. The number of alkyl halides is 3. The third kappa shape index (κ3) is 5.40. The molecule has 3 aromatic carbocycles. The summed E-state index contributed by atoms with van der Waals surface area (Å²) in [5, 5.41) is 3.14. The van der Waals surface area contributed by atoms with Crippen molar-refractivity contribution in [2.24, 2.45) is 5.73 Å². The number of nitrogens with two attached hydrogens (primary N) is 1. The molecule has 0 unspecified atom stereocenters. The average molecular weight is 485 g/mol. The molecule has 0 bridgehead atoms. The topological polar surface area (TPSA) is 90.0 Å². The molecule has 3 N–H and O–H groups in total. The van der Waals surface area contributed by atoms with Gasteiger partial charge in [0.25, 0.3) is 0 Å². The van der Waals surface area contributed by atoms with Gasteiger partial charge in [0.05, 0.1) is 28.9 Å². The van der Waals surface area contributed by atoms with Crippen LogP contribution in [0.4, 0.5) is 18.9 Å². The molecule has 4 rings (SSSR count). The van der Waals surface area contributed by atoms with Crippen LogP contribution in [0.3, 0.4) is 0 Å². The van der Waals surface area contributed by atoms with Crippen LogP contribution >= 0.6 is 11.8 Å². The lowest BCUT2D eigenvalue weighted by atomic mass is 10.2. The number of anilines is 1. The number of thioether (sulfide) groups is 1. The van der Waals surface area contributed by atoms with Gasteiger partial charge in [-0.1, -0.05) is 42.1 Å². The van der Waals surface area contributed by atoms with E-state index < -0.39 is 17.6 Å². The lowest BCUT2D eigenvalue weighted by Gasteiger charge is -2.10. The summed E-state index contributed by atoms with van der Waals surface area (Å²) in [6.45, 7) is 0.390. The molecule has 34 heavy (non-hydrogen) atoms. The number of nitrogens with one attached hydrogen (secondary N) is 1. The molecule has 0 saturated carbocycles. The normalized spacial score (nSPS) is 11.5. The highest BCUT2D eigenvalue weighted by atomic mass is 32.2. The number of hydrogen-bond donors (Lipinski definition) is 2. The van der Waals surface area contributed by atoms with Gasteiger partial charge in [-0.05, 0) is 48.0 Å². The lowest BCUT2D eigenvalue weighted by Crippen LogP contribution is -2.15. The van der Waals surface area contributed by atoms with Crippen molar-refractivity contribution < 1.29 is 22.8 Å². The summed E-state index contributed by atoms with van der Waals surface area (Å²) < 4.78 is 41.3. The minimum absolute atomic E-state index is 0.0121. The molecule has 0 aliphatic rings. The molecule has 0 aliphatic carbocycles. The standard InChI is InChI=1S/C24H19F3N4O2S/c25-24(26,27)17-8-11-20-19(12-17)30-23(31(20)13-15-4-2-1-3-5-15)34-14-21(32)29-18-9-6-16(7-10-18)22(28)33/h1-12H,13-14H2,(H2,28,33)(H,29,32). The Balaban J connectivity index is 1.56. The Labute approximate surface area is 197 Å². The van der Waals surface area contributed by atoms with Crippen LogP contribution in [0.1, 0.15) is 21.5 Å². The van der Waals surface area contributed by atoms with E-state index in [0.29, 0.717) is 28.5 Å². The van der Waals surface area contributed by atoms with Crippen LogP contribution in [-0.2, 0) is 17.5 Å². The zero-order valence-electron chi connectivity index (χ0n) is 17.7. The summed E-state index contributed by atoms with van der Waals surface area (Å²) in [4.78, 5) is 28.0. The third-order valence-electron chi connectivity index (χ3n) is 5.01. The highest BCUT2D eigenvalue weighted by Crippen LogP contribution is 2.33. The van der Waals surface area contributed by atoms with E-state index in [1.54, 1.807) is 16.7 Å². The van der Waals surface area contributed by atoms with Crippen molar-refractivity contribution in [3.8, 4) is 0 Å². The Kier molecular flexibility index (Phi) is 6.60. The molecule has 0 atom stereocenters. The number of primary amides is 1. The second-order valence-corrected chi connectivity index (χ2v) is 8.39. The maximum atomic E-state index is 13.2. The fraction of sp³-hybridized carbons (Fsp3) is 0.125. The number of fused-ring (bicyclic) bond motifs is 1. The number of rotatable bonds is 7. The molecule has 174 valence electrons. The summed E-state index contributed by atoms with van der Waals surface area (Å²) >= 11 is 1.13. The summed E-state index contributed by atoms with van der Waals surface area (Å²) in [6.07, 6.45) is -4.48. The number of hydrogen-bond acceptors (Lipinski definition) is 4. The number of carbonyl (C=O) groups excluding carboxylic acids is 2. The van der Waals surface area contributed by atoms with E-state index in [1.165, 1.54) is 18.2 Å². The van der Waals surface area contributed by atoms with Gasteiger partial charge >= 0.3 is 6.18 Å². The molecule has 10 heteroatoms. The molecule has 0 radical (unpaired) electrons. The van der Waals surface area contributed by atoms with E-state index in [0.717, 1.165) is 29.5 Å². The molecule has 1 aromatic heterocycles. The zero-order valence-corrected chi connectivity index (χ0v) is 18.5. The molecule has 1 heterocycles. The van der Waals surface area contributed by atoms with E-state index in [4.69, 9.17) is 5.73 Å². The molecule has 0 fully saturated rings. The number of halogens is 3. The Hall–Kier alpha value is -3.79. The van der Waals surface area contributed by atoms with Crippen LogP contribution in [0, 0.1) is 0 Å². The van der Waals surface area contributed by atoms with E-state index >= 15 is 0 Å². The fourth-order valence-electron chi connectivity index (χ4n) is 3.36. The SMILES string of the molecule is NC(=O)c1ccc(NC(=O)CSc2nc3cc(C(F)(F)F)ccc3n2Cc2ccccc2)cc1. The van der Waals surface area contributed by atoms with Crippen molar-refractivity contribution in [3.05, 3.63) is 89.5 Å². The van der Waals surface area contributed by atoms with Gasteiger partial charge in [0.15, 0.2) is 5.16 Å². The Morgan fingerprint density at radius 2 is 1.71 bits per heavy atom. The summed E-state index contributed by atoms with van der Waals surface area (Å²) in [7, 11) is 0. The zero-order chi connectivity index (χ0) is 24.3. The van der Waals surface area contributed by atoms with Gasteiger partial charge in [0.2, 0.25) is 11.8 Å². The Morgan fingerprint density at radius 3 is 2.35 bits per heavy atom. The molecule has 4 aromatic rings. The van der Waals surface area contributed by atoms with Crippen molar-refractivity contribution >= 4 is 40.3 Å². The molecular weight excluding hydrogens is 465 g/mol. The van der Waals surface area contributed by atoms with Gasteiger partial charge in [-0.2, -0.15) is 13.2 Å². The van der Waals surface area contributed by atoms with Crippen LogP contribution < -0.4 is 11.1 Å². The highest BCUT2D eigenvalue weighted by Gasteiger charge is 2.31. The maximum absolute atomic E-state index is 13.2. The fourth-order valence-corrected chi connectivity index (χ4v) is 4.17.